The second-order valence-corrected chi connectivity index (χ2v) is 10.5. The van der Waals surface area contributed by atoms with Crippen molar-refractivity contribution in [2.24, 2.45) is 40.9 Å². The zero-order valence-electron chi connectivity index (χ0n) is 16.9. The molecular formula is C22H35NO4. The van der Waals surface area contributed by atoms with Crippen LogP contribution in [-0.2, 0) is 9.47 Å². The van der Waals surface area contributed by atoms with Crippen molar-refractivity contribution < 1.29 is 19.7 Å². The monoisotopic (exact) mass is 377 g/mol. The molecule has 5 saturated carbocycles. The predicted molar refractivity (Wildman–Crippen MR) is 100 cm³/mol. The Hall–Kier alpha value is -0.200. The van der Waals surface area contributed by atoms with Crippen LogP contribution in [0.15, 0.2) is 0 Å². The van der Waals surface area contributed by atoms with Crippen LogP contribution in [0.2, 0.25) is 0 Å². The fourth-order valence-corrected chi connectivity index (χ4v) is 9.96. The number of fused-ring (bicyclic) bond motifs is 2. The molecule has 1 saturated heterocycles. The molecule has 6 fully saturated rings. The largest absolute Gasteiger partial charge is 0.392 e. The summed E-state index contributed by atoms with van der Waals surface area (Å²) in [5, 5.41) is 23.8. The van der Waals surface area contributed by atoms with Crippen molar-refractivity contribution >= 4 is 0 Å². The Kier molecular flexibility index (Phi) is 3.58. The summed E-state index contributed by atoms with van der Waals surface area (Å²) < 4.78 is 12.0. The Bertz CT molecular complexity index is 644. The van der Waals surface area contributed by atoms with E-state index in [-0.39, 0.29) is 35.6 Å². The molecule has 1 aliphatic heterocycles. The fourth-order valence-electron chi connectivity index (χ4n) is 9.96. The zero-order chi connectivity index (χ0) is 18.7. The number of hydrogen-bond acceptors (Lipinski definition) is 5. The van der Waals surface area contributed by atoms with Crippen molar-refractivity contribution in [2.75, 3.05) is 27.3 Å². The maximum absolute atomic E-state index is 12.3. The van der Waals surface area contributed by atoms with Gasteiger partial charge in [-0.15, -0.1) is 0 Å². The predicted octanol–water partition coefficient (Wildman–Crippen LogP) is 1.51. The van der Waals surface area contributed by atoms with Gasteiger partial charge in [-0.2, -0.15) is 0 Å². The minimum atomic E-state index is -0.714. The smallest absolute Gasteiger partial charge is 0.0771 e. The summed E-state index contributed by atoms with van der Waals surface area (Å²) in [6, 6.07) is 0.331. The lowest BCUT2D eigenvalue weighted by molar-refractivity contribution is -0.258. The van der Waals surface area contributed by atoms with Crippen LogP contribution in [0.1, 0.15) is 39.0 Å². The Morgan fingerprint density at radius 2 is 1.89 bits per heavy atom. The summed E-state index contributed by atoms with van der Waals surface area (Å²) in [6.07, 6.45) is 4.89. The van der Waals surface area contributed by atoms with E-state index in [0.717, 1.165) is 45.2 Å². The van der Waals surface area contributed by atoms with E-state index in [2.05, 4.69) is 11.8 Å². The summed E-state index contributed by atoms with van der Waals surface area (Å²) in [5.41, 5.74) is -0.749. The van der Waals surface area contributed by atoms with Gasteiger partial charge in [0.2, 0.25) is 0 Å². The molecule has 1 heterocycles. The highest BCUT2D eigenvalue weighted by molar-refractivity contribution is 5.31. The molecule has 0 unspecified atom stereocenters. The standard InChI is InChI=1S/C22H35NO4/c1-4-23-10-11-5-6-17(24)22-13(11)8-15(20(22)23)21(25)9-16(26-2)12-7-14(22)18(21)19(12)27-3/h11-20,24-25H,4-10H2,1-3H3/t11-,12+,13+,14+,15-,16-,17-,18+,19-,20+,21-,22-/m0/s1. The molecule has 5 nitrogen and oxygen atoms in total. The number of likely N-dealkylation sites (tertiary alicyclic amines) is 1. The molecule has 6 aliphatic rings. The first-order chi connectivity index (χ1) is 13.0. The van der Waals surface area contributed by atoms with Crippen molar-refractivity contribution in [3.63, 3.8) is 0 Å². The average molecular weight is 378 g/mol. The number of rotatable bonds is 3. The average Bonchev–Trinajstić information content (AvgIpc) is 3.12. The lowest BCUT2D eigenvalue weighted by Crippen LogP contribution is -2.74. The number of nitrogens with zero attached hydrogens (tertiary/aromatic N) is 1. The molecule has 2 N–H and O–H groups in total. The maximum Gasteiger partial charge on any atom is 0.0771 e. The van der Waals surface area contributed by atoms with Crippen LogP contribution in [0, 0.1) is 40.9 Å². The second-order valence-electron chi connectivity index (χ2n) is 10.5. The van der Waals surface area contributed by atoms with Gasteiger partial charge in [0.25, 0.3) is 0 Å². The molecule has 0 aromatic heterocycles. The number of methoxy groups -OCH3 is 2. The van der Waals surface area contributed by atoms with E-state index in [9.17, 15) is 10.2 Å². The molecule has 0 aromatic rings. The van der Waals surface area contributed by atoms with Gasteiger partial charge in [0, 0.05) is 56.4 Å². The van der Waals surface area contributed by atoms with Crippen LogP contribution in [0.3, 0.4) is 0 Å². The molecule has 12 atom stereocenters. The molecule has 7 bridgehead atoms. The van der Waals surface area contributed by atoms with Gasteiger partial charge >= 0.3 is 0 Å². The highest BCUT2D eigenvalue weighted by Gasteiger charge is 2.81. The van der Waals surface area contributed by atoms with Crippen LogP contribution in [0.25, 0.3) is 0 Å². The Labute approximate surface area is 162 Å². The molecule has 1 spiro atoms. The fraction of sp³-hybridized carbons (Fsp3) is 1.00. The minimum absolute atomic E-state index is 0.0348. The van der Waals surface area contributed by atoms with Gasteiger partial charge in [0.05, 0.1) is 23.9 Å². The zero-order valence-corrected chi connectivity index (χ0v) is 16.9. The lowest BCUT2D eigenvalue weighted by atomic mass is 9.46. The van der Waals surface area contributed by atoms with Crippen LogP contribution in [0.5, 0.6) is 0 Å². The number of hydrogen-bond donors (Lipinski definition) is 2. The number of ether oxygens (including phenoxy) is 2. The molecule has 0 amide bonds. The van der Waals surface area contributed by atoms with Gasteiger partial charge in [0.1, 0.15) is 0 Å². The normalized spacial score (nSPS) is 63.4. The van der Waals surface area contributed by atoms with Gasteiger partial charge in [-0.1, -0.05) is 6.92 Å². The quantitative estimate of drug-likeness (QED) is 0.781. The molecule has 5 heteroatoms. The maximum atomic E-state index is 12.3. The van der Waals surface area contributed by atoms with Crippen molar-refractivity contribution in [3.8, 4) is 0 Å². The summed E-state index contributed by atoms with van der Waals surface area (Å²) in [5.74, 6) is 2.39. The van der Waals surface area contributed by atoms with Gasteiger partial charge < -0.3 is 19.7 Å². The van der Waals surface area contributed by atoms with E-state index >= 15 is 0 Å². The second kappa shape index (κ2) is 5.48. The lowest BCUT2D eigenvalue weighted by Gasteiger charge is -2.66. The van der Waals surface area contributed by atoms with E-state index in [0.29, 0.717) is 29.7 Å². The van der Waals surface area contributed by atoms with E-state index in [1.165, 1.54) is 0 Å². The van der Waals surface area contributed by atoms with Crippen molar-refractivity contribution in [1.29, 1.82) is 0 Å². The molecule has 0 aromatic carbocycles. The Morgan fingerprint density at radius 3 is 2.59 bits per heavy atom. The highest BCUT2D eigenvalue weighted by atomic mass is 16.5. The topological polar surface area (TPSA) is 62.2 Å². The third-order valence-electron chi connectivity index (χ3n) is 10.4. The number of aliphatic hydroxyl groups excluding tert-OH is 1. The van der Waals surface area contributed by atoms with E-state index in [4.69, 9.17) is 9.47 Å². The first-order valence-electron chi connectivity index (χ1n) is 11.2. The SMILES string of the molecule is CCN1C[C@@H]2CC[C@H](O)[C@@]34[C@@H]2C[C@@H]([C@@H]13)[C@@]1(O)C[C@H](OC)[C@H]2C[C@@H]4[C@@H]1[C@H]2OC. The van der Waals surface area contributed by atoms with E-state index < -0.39 is 5.60 Å². The molecular weight excluding hydrogens is 342 g/mol. The van der Waals surface area contributed by atoms with E-state index in [1.807, 2.05) is 7.11 Å². The van der Waals surface area contributed by atoms with Gasteiger partial charge in [-0.25, -0.2) is 0 Å². The molecule has 27 heavy (non-hydrogen) atoms. The first-order valence-corrected chi connectivity index (χ1v) is 11.2. The van der Waals surface area contributed by atoms with Gasteiger partial charge in [0.15, 0.2) is 0 Å². The van der Waals surface area contributed by atoms with Crippen LogP contribution >= 0.6 is 0 Å². The summed E-state index contributed by atoms with van der Waals surface area (Å²) in [4.78, 5) is 2.64. The number of aliphatic hydroxyl groups is 2. The Morgan fingerprint density at radius 1 is 1.07 bits per heavy atom. The molecule has 6 rings (SSSR count). The summed E-state index contributed by atoms with van der Waals surface area (Å²) >= 11 is 0. The summed E-state index contributed by atoms with van der Waals surface area (Å²) in [6.45, 7) is 4.45. The van der Waals surface area contributed by atoms with Crippen molar-refractivity contribution in [2.45, 2.75) is 69.0 Å². The summed E-state index contributed by atoms with van der Waals surface area (Å²) in [7, 11) is 3.61. The minimum Gasteiger partial charge on any atom is -0.392 e. The highest BCUT2D eigenvalue weighted by Crippen LogP contribution is 2.77. The van der Waals surface area contributed by atoms with Crippen LogP contribution < -0.4 is 0 Å². The molecule has 152 valence electrons. The van der Waals surface area contributed by atoms with Gasteiger partial charge in [-0.3, -0.25) is 4.90 Å². The third-order valence-corrected chi connectivity index (χ3v) is 10.4. The third kappa shape index (κ3) is 1.73. The van der Waals surface area contributed by atoms with Crippen LogP contribution in [-0.4, -0.2) is 72.4 Å². The van der Waals surface area contributed by atoms with Crippen molar-refractivity contribution in [1.82, 2.24) is 4.90 Å². The van der Waals surface area contributed by atoms with Crippen LogP contribution in [0.4, 0.5) is 0 Å². The van der Waals surface area contributed by atoms with Gasteiger partial charge in [-0.05, 0) is 50.0 Å². The van der Waals surface area contributed by atoms with Crippen molar-refractivity contribution in [3.05, 3.63) is 0 Å². The Balaban J connectivity index is 1.57. The van der Waals surface area contributed by atoms with E-state index in [1.54, 1.807) is 7.11 Å². The molecule has 0 radical (unpaired) electrons. The molecule has 5 aliphatic carbocycles. The number of piperidine rings is 1. The first kappa shape index (κ1) is 17.6.